The molecular weight excluding hydrogens is 278 g/mol. The van der Waals surface area contributed by atoms with Crippen molar-refractivity contribution >= 4 is 34.2 Å². The van der Waals surface area contributed by atoms with Gasteiger partial charge in [-0.25, -0.2) is 0 Å². The Hall–Kier alpha value is -0.390. The number of rotatable bonds is 5. The fourth-order valence-electron chi connectivity index (χ4n) is 2.18. The minimum Gasteiger partial charge on any atom is -0.388 e. The van der Waals surface area contributed by atoms with E-state index in [4.69, 9.17) is 12.2 Å². The smallest absolute Gasteiger partial charge is 0.234 e. The number of thiocarbonyl (C=S) groups is 1. The topological polar surface area (TPSA) is 40.5 Å². The molecule has 0 aromatic rings. The number of carbonyl (C=O) groups is 1. The highest BCUT2D eigenvalue weighted by molar-refractivity contribution is 8.23. The van der Waals surface area contributed by atoms with E-state index in [9.17, 15) is 9.90 Å². The summed E-state index contributed by atoms with van der Waals surface area (Å²) in [5.41, 5.74) is 0. The Balaban J connectivity index is 2.79. The zero-order valence-electron chi connectivity index (χ0n) is 12.0. The molecule has 0 unspecified atom stereocenters. The lowest BCUT2D eigenvalue weighted by Crippen LogP contribution is -2.44. The third-order valence-corrected chi connectivity index (χ3v) is 4.78. The average Bonchev–Trinajstić information content (AvgIpc) is 2.68. The molecule has 1 aliphatic heterocycles. The number of aliphatic hydroxyl groups excluding tert-OH is 1. The molecule has 1 heterocycles. The Kier molecular flexibility index (Phi) is 6.50. The van der Waals surface area contributed by atoms with Gasteiger partial charge in [0.25, 0.3) is 0 Å². The molecule has 1 fully saturated rings. The van der Waals surface area contributed by atoms with Crippen LogP contribution in [0.1, 0.15) is 34.1 Å². The third kappa shape index (κ3) is 4.29. The molecule has 0 saturated carbocycles. The first-order chi connectivity index (χ1) is 8.88. The summed E-state index contributed by atoms with van der Waals surface area (Å²) in [5.74, 6) is 0.876. The Morgan fingerprint density at radius 3 is 2.74 bits per heavy atom. The van der Waals surface area contributed by atoms with E-state index < -0.39 is 12.0 Å². The van der Waals surface area contributed by atoms with Crippen molar-refractivity contribution in [3.63, 3.8) is 0 Å². The quantitative estimate of drug-likeness (QED) is 0.626. The monoisotopic (exact) mass is 301 g/mol. The molecule has 0 spiro atoms. The van der Waals surface area contributed by atoms with Crippen LogP contribution in [0.15, 0.2) is 12.2 Å². The second-order valence-corrected chi connectivity index (χ2v) is 7.03. The van der Waals surface area contributed by atoms with Gasteiger partial charge >= 0.3 is 0 Å². The molecule has 3 atom stereocenters. The maximum atomic E-state index is 12.5. The lowest BCUT2D eigenvalue weighted by Gasteiger charge is -2.28. The average molecular weight is 301 g/mol. The van der Waals surface area contributed by atoms with Gasteiger partial charge in [0.15, 0.2) is 0 Å². The Morgan fingerprint density at radius 1 is 1.58 bits per heavy atom. The van der Waals surface area contributed by atoms with Gasteiger partial charge in [0.2, 0.25) is 5.91 Å². The normalized spacial score (nSPS) is 23.4. The van der Waals surface area contributed by atoms with Crippen LogP contribution in [0.4, 0.5) is 0 Å². The van der Waals surface area contributed by atoms with Crippen LogP contribution in [0.3, 0.4) is 0 Å². The number of thioether (sulfide) groups is 1. The number of carbonyl (C=O) groups excluding carboxylic acids is 1. The number of allylic oxidation sites excluding steroid dienone is 1. The second kappa shape index (κ2) is 7.41. The molecule has 1 aliphatic rings. The summed E-state index contributed by atoms with van der Waals surface area (Å²) in [5, 5.41) is 9.92. The fraction of sp³-hybridized carbons (Fsp3) is 0.714. The first-order valence-corrected chi connectivity index (χ1v) is 8.08. The number of hydrogen-bond donors (Lipinski definition) is 1. The van der Waals surface area contributed by atoms with Crippen molar-refractivity contribution in [3.05, 3.63) is 12.2 Å². The van der Waals surface area contributed by atoms with Crippen molar-refractivity contribution in [2.45, 2.75) is 46.3 Å². The molecular formula is C14H23NO2S2. The van der Waals surface area contributed by atoms with E-state index in [0.29, 0.717) is 10.2 Å². The molecule has 5 heteroatoms. The van der Waals surface area contributed by atoms with Gasteiger partial charge in [-0.2, -0.15) is 0 Å². The highest BCUT2D eigenvalue weighted by Gasteiger charge is 2.37. The van der Waals surface area contributed by atoms with Crippen molar-refractivity contribution < 1.29 is 9.90 Å². The number of nitrogens with zero attached hydrogens (tertiary/aromatic N) is 1. The van der Waals surface area contributed by atoms with Crippen LogP contribution in [0.2, 0.25) is 0 Å². The van der Waals surface area contributed by atoms with E-state index in [-0.39, 0.29) is 11.9 Å². The Labute approximate surface area is 125 Å². The summed E-state index contributed by atoms with van der Waals surface area (Å²) in [4.78, 5) is 14.2. The molecule has 3 nitrogen and oxygen atoms in total. The van der Waals surface area contributed by atoms with Crippen LogP contribution < -0.4 is 0 Å². The van der Waals surface area contributed by atoms with Gasteiger partial charge in [-0.1, -0.05) is 56.9 Å². The van der Waals surface area contributed by atoms with Gasteiger partial charge in [0, 0.05) is 11.8 Å². The van der Waals surface area contributed by atoms with E-state index in [1.165, 1.54) is 0 Å². The predicted molar refractivity (Wildman–Crippen MR) is 85.1 cm³/mol. The summed E-state index contributed by atoms with van der Waals surface area (Å²) in [6, 6.07) is 0.172. The van der Waals surface area contributed by atoms with E-state index in [1.54, 1.807) is 35.7 Å². The maximum absolute atomic E-state index is 12.5. The lowest BCUT2D eigenvalue weighted by atomic mass is 9.99. The Bertz CT molecular complexity index is 368. The van der Waals surface area contributed by atoms with Crippen molar-refractivity contribution in [2.24, 2.45) is 11.8 Å². The first-order valence-electron chi connectivity index (χ1n) is 6.69. The standard InChI is InChI=1S/C14H23NO2S2/c1-5-6-12(16)10(4)13(17)15-11(7-9(2)3)8-19-14(15)18/h5-6,9-12,16H,7-8H2,1-4H3/b6-5+/t10-,11+,12+/m1/s1. The van der Waals surface area contributed by atoms with E-state index in [1.807, 2.05) is 6.92 Å². The molecule has 0 aromatic carbocycles. The maximum Gasteiger partial charge on any atom is 0.234 e. The van der Waals surface area contributed by atoms with Crippen LogP contribution >= 0.6 is 24.0 Å². The van der Waals surface area contributed by atoms with Crippen LogP contribution in [0, 0.1) is 11.8 Å². The van der Waals surface area contributed by atoms with Gasteiger partial charge in [-0.05, 0) is 19.3 Å². The first kappa shape index (κ1) is 16.7. The summed E-state index contributed by atoms with van der Waals surface area (Å²) < 4.78 is 0.648. The van der Waals surface area contributed by atoms with Gasteiger partial charge in [0.05, 0.1) is 12.0 Å². The molecule has 1 amide bonds. The fourth-order valence-corrected chi connectivity index (χ4v) is 3.62. The number of hydrogen-bond acceptors (Lipinski definition) is 4. The van der Waals surface area contributed by atoms with Crippen molar-refractivity contribution in [2.75, 3.05) is 5.75 Å². The van der Waals surface area contributed by atoms with Gasteiger partial charge in [-0.3, -0.25) is 9.69 Å². The lowest BCUT2D eigenvalue weighted by molar-refractivity contribution is -0.134. The van der Waals surface area contributed by atoms with Gasteiger partial charge in [0.1, 0.15) is 4.32 Å². The van der Waals surface area contributed by atoms with Gasteiger partial charge < -0.3 is 5.11 Å². The molecule has 1 N–H and O–H groups in total. The molecule has 0 aromatic heterocycles. The third-order valence-electron chi connectivity index (χ3n) is 3.23. The van der Waals surface area contributed by atoms with Gasteiger partial charge in [-0.15, -0.1) is 0 Å². The largest absolute Gasteiger partial charge is 0.388 e. The molecule has 0 aliphatic carbocycles. The summed E-state index contributed by atoms with van der Waals surface area (Å²) in [6.07, 6.45) is 3.61. The molecule has 1 rings (SSSR count). The number of aliphatic hydroxyl groups is 1. The van der Waals surface area contributed by atoms with Crippen molar-refractivity contribution in [3.8, 4) is 0 Å². The minimum atomic E-state index is -0.745. The van der Waals surface area contributed by atoms with E-state index >= 15 is 0 Å². The zero-order chi connectivity index (χ0) is 14.6. The van der Waals surface area contributed by atoms with Crippen LogP contribution in [0.5, 0.6) is 0 Å². The second-order valence-electron chi connectivity index (χ2n) is 5.37. The van der Waals surface area contributed by atoms with Crippen molar-refractivity contribution in [1.29, 1.82) is 0 Å². The highest BCUT2D eigenvalue weighted by atomic mass is 32.2. The SMILES string of the molecule is C/C=C/[C@H](O)[C@@H](C)C(=O)N1C(=S)SC[C@@H]1CC(C)C. The summed E-state index contributed by atoms with van der Waals surface area (Å²) in [7, 11) is 0. The molecule has 0 bridgehead atoms. The molecule has 0 radical (unpaired) electrons. The predicted octanol–water partition coefficient (Wildman–Crippen LogP) is 2.83. The molecule has 1 saturated heterocycles. The number of amides is 1. The van der Waals surface area contributed by atoms with Crippen LogP contribution in [-0.2, 0) is 4.79 Å². The molecule has 108 valence electrons. The highest BCUT2D eigenvalue weighted by Crippen LogP contribution is 2.30. The van der Waals surface area contributed by atoms with Crippen molar-refractivity contribution in [1.82, 2.24) is 4.90 Å². The van der Waals surface area contributed by atoms with Crippen LogP contribution in [0.25, 0.3) is 0 Å². The minimum absolute atomic E-state index is 0.0637. The summed E-state index contributed by atoms with van der Waals surface area (Å²) in [6.45, 7) is 7.88. The molecule has 19 heavy (non-hydrogen) atoms. The van der Waals surface area contributed by atoms with E-state index in [0.717, 1.165) is 12.2 Å². The van der Waals surface area contributed by atoms with E-state index in [2.05, 4.69) is 13.8 Å². The zero-order valence-corrected chi connectivity index (χ0v) is 13.6. The summed E-state index contributed by atoms with van der Waals surface area (Å²) >= 11 is 6.85. The van der Waals surface area contributed by atoms with Crippen LogP contribution in [-0.4, -0.2) is 38.1 Å². The Morgan fingerprint density at radius 2 is 2.21 bits per heavy atom.